The predicted octanol–water partition coefficient (Wildman–Crippen LogP) is 1.83. The van der Waals surface area contributed by atoms with Gasteiger partial charge in [-0.2, -0.15) is 19.9 Å². The smallest absolute Gasteiger partial charge is 0.326 e. The van der Waals surface area contributed by atoms with E-state index >= 15 is 0 Å². The standard InChI is InChI=1S/C42H80N8O15P2/c1-2-3-30-66(31-4-11-51)34-7-16-63-40-46-38(44-10-19-57-23-25-59-21-15-55)48-42(50-40)65-36-61-27-26-60-28-29-64-41-47-37(43-9-18-56-22-24-58-20-14-54)45-39(49-41)62-17-8-35-67(32-5-12-52)33-6-13-53/h51-55H,2-36H2,1H3,(H,43,45,47,49)(H,44,46,48,50). The Morgan fingerprint density at radius 3 is 1.15 bits per heavy atom. The highest BCUT2D eigenvalue weighted by Crippen LogP contribution is 2.38. The Kier molecular flexibility index (Phi) is 40.0. The summed E-state index contributed by atoms with van der Waals surface area (Å²) in [6.45, 7) is 7.75. The molecule has 0 amide bonds. The van der Waals surface area contributed by atoms with Crippen molar-refractivity contribution in [1.29, 1.82) is 0 Å². The van der Waals surface area contributed by atoms with Gasteiger partial charge in [-0.1, -0.05) is 13.3 Å². The summed E-state index contributed by atoms with van der Waals surface area (Å²) in [6, 6.07) is 0.332. The summed E-state index contributed by atoms with van der Waals surface area (Å²) in [7, 11) is -0.469. The number of nitrogens with one attached hydrogen (secondary N) is 2. The summed E-state index contributed by atoms with van der Waals surface area (Å²) in [6.07, 6.45) is 12.5. The number of nitrogens with zero attached hydrogens (tertiary/aromatic N) is 6. The molecule has 67 heavy (non-hydrogen) atoms. The molecule has 0 aromatic carbocycles. The van der Waals surface area contributed by atoms with Crippen molar-refractivity contribution in [3.05, 3.63) is 0 Å². The molecular weight excluding hydrogens is 918 g/mol. The number of unbranched alkanes of at least 4 members (excludes halogenated alkanes) is 1. The van der Waals surface area contributed by atoms with Gasteiger partial charge >= 0.3 is 24.0 Å². The second kappa shape index (κ2) is 44.4. The molecular formula is C42H80N8O15P2. The van der Waals surface area contributed by atoms with Crippen LogP contribution in [0.4, 0.5) is 11.9 Å². The summed E-state index contributed by atoms with van der Waals surface area (Å²) in [4.78, 5) is 26.2. The van der Waals surface area contributed by atoms with Crippen molar-refractivity contribution in [2.24, 2.45) is 0 Å². The van der Waals surface area contributed by atoms with E-state index in [4.69, 9.17) is 57.6 Å². The van der Waals surface area contributed by atoms with Crippen LogP contribution in [0.25, 0.3) is 0 Å². The molecule has 2 heterocycles. The molecule has 0 saturated heterocycles. The molecule has 0 aliphatic rings. The first kappa shape index (κ1) is 60.4. The van der Waals surface area contributed by atoms with E-state index in [2.05, 4.69) is 47.5 Å². The molecule has 2 aromatic rings. The lowest BCUT2D eigenvalue weighted by molar-refractivity contribution is -0.0241. The maximum Gasteiger partial charge on any atom is 0.326 e. The van der Waals surface area contributed by atoms with Crippen molar-refractivity contribution in [2.75, 3.05) is 193 Å². The molecule has 0 spiro atoms. The lowest BCUT2D eigenvalue weighted by atomic mass is 10.4. The second-order valence-electron chi connectivity index (χ2n) is 14.5. The molecule has 388 valence electrons. The van der Waals surface area contributed by atoms with Crippen LogP contribution in [0.15, 0.2) is 0 Å². The van der Waals surface area contributed by atoms with E-state index < -0.39 is 0 Å². The SMILES string of the molecule is CCCCP(CCCO)CCCOc1nc(NCCOCCOCCO)nc(OCOCCOCCOc2nc(NCCOCCOCCO)nc(OCCCP(CCCO)CCCO)n2)n1. The molecule has 25 heteroatoms. The third kappa shape index (κ3) is 34.2. The lowest BCUT2D eigenvalue weighted by Gasteiger charge is -2.17. The average molecular weight is 999 g/mol. The van der Waals surface area contributed by atoms with Crippen LogP contribution in [-0.4, -0.2) is 238 Å². The topological polar surface area (TPSA) is 295 Å². The highest BCUT2D eigenvalue weighted by atomic mass is 31.1. The fourth-order valence-corrected chi connectivity index (χ4v) is 10.8. The minimum Gasteiger partial charge on any atom is -0.463 e. The fraction of sp³-hybridized carbons (Fsp3) is 0.857. The average Bonchev–Trinajstić information content (AvgIpc) is 3.34. The van der Waals surface area contributed by atoms with Crippen LogP contribution in [0.1, 0.15) is 51.9 Å². The molecule has 0 bridgehead atoms. The van der Waals surface area contributed by atoms with E-state index in [0.717, 1.165) is 69.3 Å². The minimum absolute atomic E-state index is 0.0281. The van der Waals surface area contributed by atoms with Gasteiger partial charge in [0.2, 0.25) is 11.9 Å². The number of aliphatic hydroxyl groups excluding tert-OH is 5. The van der Waals surface area contributed by atoms with Crippen molar-refractivity contribution in [3.63, 3.8) is 0 Å². The Hall–Kier alpha value is -2.76. The van der Waals surface area contributed by atoms with Gasteiger partial charge in [-0.25, -0.2) is 0 Å². The fourth-order valence-electron chi connectivity index (χ4n) is 5.74. The summed E-state index contributed by atoms with van der Waals surface area (Å²) in [5.74, 6) is 0.520. The van der Waals surface area contributed by atoms with Crippen LogP contribution in [0.5, 0.6) is 24.0 Å². The van der Waals surface area contributed by atoms with Crippen molar-refractivity contribution < 1.29 is 72.9 Å². The number of rotatable bonds is 50. The third-order valence-corrected chi connectivity index (χ3v) is 14.7. The number of anilines is 2. The van der Waals surface area contributed by atoms with E-state index in [1.165, 1.54) is 12.6 Å². The molecule has 0 saturated carbocycles. The number of hydrogen-bond donors (Lipinski definition) is 7. The van der Waals surface area contributed by atoms with Crippen molar-refractivity contribution >= 4 is 27.7 Å². The van der Waals surface area contributed by atoms with Gasteiger partial charge in [0.1, 0.15) is 6.61 Å². The van der Waals surface area contributed by atoms with E-state index in [-0.39, 0.29) is 131 Å². The van der Waals surface area contributed by atoms with Gasteiger partial charge in [0.25, 0.3) is 0 Å². The molecule has 7 N–H and O–H groups in total. The van der Waals surface area contributed by atoms with Crippen LogP contribution in [0.2, 0.25) is 0 Å². The number of aromatic nitrogens is 6. The second-order valence-corrected chi connectivity index (χ2v) is 19.9. The first-order chi connectivity index (χ1) is 33.0. The Morgan fingerprint density at radius 2 is 0.716 bits per heavy atom. The Labute approximate surface area is 398 Å². The van der Waals surface area contributed by atoms with Crippen molar-refractivity contribution in [2.45, 2.75) is 51.9 Å². The highest BCUT2D eigenvalue weighted by molar-refractivity contribution is 7.57. The Bertz CT molecular complexity index is 1310. The molecule has 23 nitrogen and oxygen atoms in total. The summed E-state index contributed by atoms with van der Waals surface area (Å²) in [5, 5.41) is 51.7. The normalized spacial score (nSPS) is 11.9. The van der Waals surface area contributed by atoms with Gasteiger partial charge in [-0.15, -0.1) is 25.8 Å². The zero-order chi connectivity index (χ0) is 48.1. The molecule has 0 fully saturated rings. The first-order valence-corrected chi connectivity index (χ1v) is 27.3. The Morgan fingerprint density at radius 1 is 0.358 bits per heavy atom. The predicted molar refractivity (Wildman–Crippen MR) is 255 cm³/mol. The summed E-state index contributed by atoms with van der Waals surface area (Å²) in [5.41, 5.74) is 0. The van der Waals surface area contributed by atoms with Crippen LogP contribution in [0, 0.1) is 0 Å². The van der Waals surface area contributed by atoms with Crippen LogP contribution in [-0.2, 0) is 28.4 Å². The third-order valence-electron chi connectivity index (χ3n) is 8.99. The van der Waals surface area contributed by atoms with Gasteiger partial charge in [0.05, 0.1) is 99.1 Å². The Balaban J connectivity index is 1.85. The quantitative estimate of drug-likeness (QED) is 0.0283. The minimum atomic E-state index is -0.310. The zero-order valence-corrected chi connectivity index (χ0v) is 41.4. The van der Waals surface area contributed by atoms with Crippen LogP contribution < -0.4 is 29.6 Å². The number of ether oxygens (including phenoxy) is 10. The van der Waals surface area contributed by atoms with Gasteiger partial charge < -0.3 is 83.5 Å². The van der Waals surface area contributed by atoms with Gasteiger partial charge in [0, 0.05) is 32.9 Å². The zero-order valence-electron chi connectivity index (χ0n) is 39.6. The largest absolute Gasteiger partial charge is 0.463 e. The first-order valence-electron chi connectivity index (χ1n) is 23.5. The van der Waals surface area contributed by atoms with Crippen LogP contribution >= 0.6 is 15.8 Å². The molecule has 0 aliphatic carbocycles. The summed E-state index contributed by atoms with van der Waals surface area (Å²) < 4.78 is 56.2. The van der Waals surface area contributed by atoms with Crippen molar-refractivity contribution in [3.8, 4) is 24.0 Å². The van der Waals surface area contributed by atoms with E-state index in [9.17, 15) is 15.3 Å². The lowest BCUT2D eigenvalue weighted by Crippen LogP contribution is -2.17. The van der Waals surface area contributed by atoms with E-state index in [1.54, 1.807) is 0 Å². The van der Waals surface area contributed by atoms with Crippen molar-refractivity contribution in [1.82, 2.24) is 29.9 Å². The molecule has 1 unspecified atom stereocenters. The molecule has 0 radical (unpaired) electrons. The van der Waals surface area contributed by atoms with E-state index in [1.807, 2.05) is 0 Å². The number of aliphatic hydroxyl groups is 5. The maximum atomic E-state index is 9.32. The van der Waals surface area contributed by atoms with E-state index in [0.29, 0.717) is 65.9 Å². The van der Waals surface area contributed by atoms with Gasteiger partial charge in [-0.3, -0.25) is 0 Å². The molecule has 2 rings (SSSR count). The highest BCUT2D eigenvalue weighted by Gasteiger charge is 2.14. The van der Waals surface area contributed by atoms with Crippen LogP contribution in [0.3, 0.4) is 0 Å². The van der Waals surface area contributed by atoms with Gasteiger partial charge in [0.15, 0.2) is 6.79 Å². The maximum absolute atomic E-state index is 9.32. The molecule has 2 aromatic heterocycles. The number of hydrogen-bond acceptors (Lipinski definition) is 23. The molecule has 0 aliphatic heterocycles. The van der Waals surface area contributed by atoms with Gasteiger partial charge in [-0.05, 0) is 75.5 Å². The summed E-state index contributed by atoms with van der Waals surface area (Å²) >= 11 is 0. The monoisotopic (exact) mass is 999 g/mol. The molecule has 1 atom stereocenters.